The first kappa shape index (κ1) is 16.9. The summed E-state index contributed by atoms with van der Waals surface area (Å²) >= 11 is 1.34. The molecule has 0 radical (unpaired) electrons. The van der Waals surface area contributed by atoms with Crippen LogP contribution in [0.3, 0.4) is 0 Å². The van der Waals surface area contributed by atoms with Crippen molar-refractivity contribution in [2.45, 2.75) is 44.4 Å². The van der Waals surface area contributed by atoms with Gasteiger partial charge >= 0.3 is 0 Å². The van der Waals surface area contributed by atoms with Gasteiger partial charge in [-0.2, -0.15) is 4.31 Å². The Morgan fingerprint density at radius 1 is 1.33 bits per heavy atom. The van der Waals surface area contributed by atoms with Crippen LogP contribution < -0.4 is 5.32 Å². The average molecular weight is 331 g/mol. The van der Waals surface area contributed by atoms with Gasteiger partial charge in [-0.3, -0.25) is 0 Å². The standard InChI is InChI=1S/C15H26N2O2S2/c1-4-5-16-8-14-7-15(20-11-14)21(18,19)17-9-12(2)6-13(3)10-17/h7,11-13,16H,4-6,8-10H2,1-3H3. The highest BCUT2D eigenvalue weighted by atomic mass is 32.2. The number of thiophene rings is 1. The molecular formula is C15H26N2O2S2. The summed E-state index contributed by atoms with van der Waals surface area (Å²) in [5, 5.41) is 5.26. The lowest BCUT2D eigenvalue weighted by molar-refractivity contribution is 0.223. The van der Waals surface area contributed by atoms with Crippen LogP contribution in [0.2, 0.25) is 0 Å². The Labute approximate surface area is 132 Å². The SMILES string of the molecule is CCCNCc1csc(S(=O)(=O)N2CC(C)CC(C)C2)c1. The molecule has 120 valence electrons. The quantitative estimate of drug-likeness (QED) is 0.816. The van der Waals surface area contributed by atoms with Crippen LogP contribution in [0.15, 0.2) is 15.7 Å². The summed E-state index contributed by atoms with van der Waals surface area (Å²) in [5.41, 5.74) is 1.06. The normalized spacial score (nSPS) is 24.3. The summed E-state index contributed by atoms with van der Waals surface area (Å²) in [6, 6.07) is 1.83. The molecule has 2 heterocycles. The van der Waals surface area contributed by atoms with E-state index in [1.807, 2.05) is 11.4 Å². The molecule has 0 saturated carbocycles. The number of sulfonamides is 1. The molecule has 1 fully saturated rings. The molecule has 1 aliphatic rings. The van der Waals surface area contributed by atoms with E-state index in [-0.39, 0.29) is 0 Å². The Hall–Kier alpha value is -0.430. The monoisotopic (exact) mass is 330 g/mol. The Morgan fingerprint density at radius 2 is 2.00 bits per heavy atom. The molecule has 0 aromatic carbocycles. The Morgan fingerprint density at radius 3 is 2.62 bits per heavy atom. The van der Waals surface area contributed by atoms with Gasteiger partial charge in [0.15, 0.2) is 0 Å². The van der Waals surface area contributed by atoms with Crippen LogP contribution in [0.25, 0.3) is 0 Å². The number of rotatable bonds is 6. The molecule has 4 nitrogen and oxygen atoms in total. The predicted molar refractivity (Wildman–Crippen MR) is 88.0 cm³/mol. The van der Waals surface area contributed by atoms with Gasteiger partial charge in [0.1, 0.15) is 4.21 Å². The Kier molecular flexibility index (Phi) is 5.82. The lowest BCUT2D eigenvalue weighted by Crippen LogP contribution is -2.42. The lowest BCUT2D eigenvalue weighted by atomic mass is 9.94. The van der Waals surface area contributed by atoms with Gasteiger partial charge in [-0.05, 0) is 48.2 Å². The van der Waals surface area contributed by atoms with Crippen LogP contribution >= 0.6 is 11.3 Å². The van der Waals surface area contributed by atoms with Gasteiger partial charge in [-0.25, -0.2) is 8.42 Å². The summed E-state index contributed by atoms with van der Waals surface area (Å²) in [6.07, 6.45) is 2.20. The number of hydrogen-bond acceptors (Lipinski definition) is 4. The summed E-state index contributed by atoms with van der Waals surface area (Å²) in [6.45, 7) is 9.38. The summed E-state index contributed by atoms with van der Waals surface area (Å²) < 4.78 is 27.6. The number of nitrogens with one attached hydrogen (secondary N) is 1. The van der Waals surface area contributed by atoms with Crippen molar-refractivity contribution in [1.82, 2.24) is 9.62 Å². The summed E-state index contributed by atoms with van der Waals surface area (Å²) in [7, 11) is -3.31. The van der Waals surface area contributed by atoms with E-state index in [2.05, 4.69) is 26.1 Å². The van der Waals surface area contributed by atoms with Gasteiger partial charge < -0.3 is 5.32 Å². The lowest BCUT2D eigenvalue weighted by Gasteiger charge is -2.33. The molecule has 2 atom stereocenters. The first-order chi connectivity index (χ1) is 9.93. The number of hydrogen-bond donors (Lipinski definition) is 1. The van der Waals surface area contributed by atoms with Gasteiger partial charge in [-0.1, -0.05) is 20.8 Å². The van der Waals surface area contributed by atoms with Crippen LogP contribution in [0.4, 0.5) is 0 Å². The molecule has 0 amide bonds. The van der Waals surface area contributed by atoms with E-state index >= 15 is 0 Å². The second kappa shape index (κ2) is 7.22. The maximum atomic E-state index is 12.7. The fraction of sp³-hybridized carbons (Fsp3) is 0.733. The third-order valence-electron chi connectivity index (χ3n) is 3.82. The van der Waals surface area contributed by atoms with E-state index in [9.17, 15) is 8.42 Å². The van der Waals surface area contributed by atoms with Crippen molar-refractivity contribution in [3.05, 3.63) is 17.0 Å². The number of piperidine rings is 1. The summed E-state index contributed by atoms with van der Waals surface area (Å²) in [5.74, 6) is 0.878. The fourth-order valence-electron chi connectivity index (χ4n) is 2.92. The molecule has 0 bridgehead atoms. The van der Waals surface area contributed by atoms with E-state index in [4.69, 9.17) is 0 Å². The van der Waals surface area contributed by atoms with E-state index in [1.165, 1.54) is 11.3 Å². The molecule has 1 N–H and O–H groups in total. The van der Waals surface area contributed by atoms with Crippen LogP contribution in [-0.4, -0.2) is 32.4 Å². The molecule has 1 aromatic heterocycles. The molecule has 1 saturated heterocycles. The molecule has 21 heavy (non-hydrogen) atoms. The highest BCUT2D eigenvalue weighted by Gasteiger charge is 2.32. The van der Waals surface area contributed by atoms with E-state index in [0.29, 0.717) is 29.1 Å². The smallest absolute Gasteiger partial charge is 0.252 e. The minimum absolute atomic E-state index is 0.439. The fourth-order valence-corrected chi connectivity index (χ4v) is 5.96. The molecule has 2 unspecified atom stereocenters. The Balaban J connectivity index is 2.08. The van der Waals surface area contributed by atoms with Crippen LogP contribution in [0.1, 0.15) is 39.2 Å². The second-order valence-corrected chi connectivity index (χ2v) is 9.29. The van der Waals surface area contributed by atoms with Gasteiger partial charge in [0.25, 0.3) is 10.0 Å². The molecule has 0 aliphatic carbocycles. The number of nitrogens with zero attached hydrogens (tertiary/aromatic N) is 1. The highest BCUT2D eigenvalue weighted by molar-refractivity contribution is 7.91. The van der Waals surface area contributed by atoms with Crippen LogP contribution in [0, 0.1) is 11.8 Å². The highest BCUT2D eigenvalue weighted by Crippen LogP contribution is 2.29. The molecule has 2 rings (SSSR count). The zero-order valence-electron chi connectivity index (χ0n) is 13.1. The summed E-state index contributed by atoms with van der Waals surface area (Å²) in [4.78, 5) is 0. The Bertz CT molecular complexity index is 544. The van der Waals surface area contributed by atoms with Crippen LogP contribution in [-0.2, 0) is 16.6 Å². The van der Waals surface area contributed by atoms with Crippen molar-refractivity contribution in [3.8, 4) is 0 Å². The van der Waals surface area contributed by atoms with Crippen LogP contribution in [0.5, 0.6) is 0 Å². The van der Waals surface area contributed by atoms with Crippen molar-refractivity contribution in [2.75, 3.05) is 19.6 Å². The van der Waals surface area contributed by atoms with E-state index in [1.54, 1.807) is 4.31 Å². The maximum absolute atomic E-state index is 12.7. The van der Waals surface area contributed by atoms with Gasteiger partial charge in [-0.15, -0.1) is 11.3 Å². The van der Waals surface area contributed by atoms with E-state index in [0.717, 1.165) is 31.5 Å². The van der Waals surface area contributed by atoms with Crippen molar-refractivity contribution in [2.24, 2.45) is 11.8 Å². The second-order valence-electron chi connectivity index (χ2n) is 6.22. The zero-order chi connectivity index (χ0) is 15.5. The zero-order valence-corrected chi connectivity index (χ0v) is 14.8. The average Bonchev–Trinajstić information content (AvgIpc) is 2.87. The third kappa shape index (κ3) is 4.28. The van der Waals surface area contributed by atoms with Gasteiger partial charge in [0.2, 0.25) is 0 Å². The van der Waals surface area contributed by atoms with Gasteiger partial charge in [0, 0.05) is 19.6 Å². The largest absolute Gasteiger partial charge is 0.313 e. The third-order valence-corrected chi connectivity index (χ3v) is 7.11. The van der Waals surface area contributed by atoms with Crippen molar-refractivity contribution in [3.63, 3.8) is 0 Å². The minimum Gasteiger partial charge on any atom is -0.313 e. The predicted octanol–water partition coefficient (Wildman–Crippen LogP) is 2.91. The topological polar surface area (TPSA) is 49.4 Å². The van der Waals surface area contributed by atoms with Crippen molar-refractivity contribution >= 4 is 21.4 Å². The first-order valence-electron chi connectivity index (χ1n) is 7.71. The molecule has 6 heteroatoms. The van der Waals surface area contributed by atoms with E-state index < -0.39 is 10.0 Å². The molecule has 1 aromatic rings. The van der Waals surface area contributed by atoms with Crippen molar-refractivity contribution < 1.29 is 8.42 Å². The van der Waals surface area contributed by atoms with Gasteiger partial charge in [0.05, 0.1) is 0 Å². The van der Waals surface area contributed by atoms with Crippen molar-refractivity contribution in [1.29, 1.82) is 0 Å². The molecular weight excluding hydrogens is 304 g/mol. The first-order valence-corrected chi connectivity index (χ1v) is 10.0. The minimum atomic E-state index is -3.31. The molecule has 1 aliphatic heterocycles. The molecule has 0 spiro atoms. The maximum Gasteiger partial charge on any atom is 0.252 e.